The number of alkyl halides is 1. The molecule has 0 saturated carbocycles. The molecule has 0 N–H and O–H groups in total. The molecule has 1 aromatic heterocycles. The molecule has 0 fully saturated rings. The third-order valence-electron chi connectivity index (χ3n) is 2.80. The van der Waals surface area contributed by atoms with Crippen LogP contribution >= 0.6 is 11.6 Å². The fourth-order valence-electron chi connectivity index (χ4n) is 1.72. The van der Waals surface area contributed by atoms with E-state index in [1.807, 2.05) is 0 Å². The van der Waals surface area contributed by atoms with Gasteiger partial charge in [-0.3, -0.25) is 0 Å². The van der Waals surface area contributed by atoms with Crippen LogP contribution in [0.1, 0.15) is 58.0 Å². The largest absolute Gasteiger partial charge is 0.490 e. The van der Waals surface area contributed by atoms with E-state index in [-0.39, 0.29) is 0 Å². The van der Waals surface area contributed by atoms with Crippen molar-refractivity contribution in [2.45, 2.75) is 52.3 Å². The van der Waals surface area contributed by atoms with Crippen LogP contribution < -0.4 is 4.74 Å². The quantitative estimate of drug-likeness (QED) is 0.698. The lowest BCUT2D eigenvalue weighted by molar-refractivity contribution is 0.247. The fourth-order valence-corrected chi connectivity index (χ4v) is 1.92. The van der Waals surface area contributed by atoms with Crippen LogP contribution in [0.15, 0.2) is 6.20 Å². The van der Waals surface area contributed by atoms with E-state index in [4.69, 9.17) is 16.3 Å². The minimum Gasteiger partial charge on any atom is -0.490 e. The molecule has 0 bridgehead atoms. The maximum Gasteiger partial charge on any atom is 0.160 e. The average Bonchev–Trinajstić information content (AvgIpc) is 2.36. The van der Waals surface area contributed by atoms with Crippen LogP contribution in [-0.2, 0) is 5.88 Å². The molecule has 1 unspecified atom stereocenters. The molecule has 0 aliphatic rings. The Kier molecular flexibility index (Phi) is 6.41. The van der Waals surface area contributed by atoms with Crippen LogP contribution in [-0.4, -0.2) is 16.6 Å². The summed E-state index contributed by atoms with van der Waals surface area (Å²) in [6, 6.07) is 0. The predicted molar refractivity (Wildman–Crippen MR) is 75.2 cm³/mol. The smallest absolute Gasteiger partial charge is 0.160 e. The van der Waals surface area contributed by atoms with Gasteiger partial charge in [0.15, 0.2) is 5.75 Å². The topological polar surface area (TPSA) is 35.0 Å². The highest BCUT2D eigenvalue weighted by molar-refractivity contribution is 6.17. The predicted octanol–water partition coefficient (Wildman–Crippen LogP) is 4.15. The Bertz CT molecular complexity index is 369. The van der Waals surface area contributed by atoms with Gasteiger partial charge in [-0.1, -0.05) is 34.1 Å². The van der Waals surface area contributed by atoms with Gasteiger partial charge >= 0.3 is 0 Å². The number of ether oxygens (including phenoxy) is 1. The molecule has 0 amide bonds. The Hall–Kier alpha value is -0.830. The summed E-state index contributed by atoms with van der Waals surface area (Å²) in [5.74, 6) is 2.75. The molecule has 0 aliphatic heterocycles. The molecule has 102 valence electrons. The Morgan fingerprint density at radius 2 is 2.06 bits per heavy atom. The molecule has 1 aromatic rings. The highest BCUT2D eigenvalue weighted by atomic mass is 35.5. The Morgan fingerprint density at radius 3 is 2.61 bits per heavy atom. The van der Waals surface area contributed by atoms with E-state index in [1.54, 1.807) is 6.20 Å². The zero-order valence-corrected chi connectivity index (χ0v) is 12.5. The van der Waals surface area contributed by atoms with Gasteiger partial charge in [0.2, 0.25) is 0 Å². The normalized spacial score (nSPS) is 12.8. The van der Waals surface area contributed by atoms with E-state index >= 15 is 0 Å². The minimum atomic E-state index is 0.306. The van der Waals surface area contributed by atoms with Crippen LogP contribution in [0, 0.1) is 5.92 Å². The number of rotatable bonds is 7. The summed E-state index contributed by atoms with van der Waals surface area (Å²) in [6.45, 7) is 9.20. The average molecular weight is 271 g/mol. The van der Waals surface area contributed by atoms with Gasteiger partial charge in [0.25, 0.3) is 0 Å². The van der Waals surface area contributed by atoms with Crippen molar-refractivity contribution in [1.82, 2.24) is 9.97 Å². The van der Waals surface area contributed by atoms with E-state index in [0.29, 0.717) is 24.3 Å². The number of aromatic nitrogens is 2. The van der Waals surface area contributed by atoms with Gasteiger partial charge in [0.1, 0.15) is 11.5 Å². The number of hydrogen-bond acceptors (Lipinski definition) is 3. The van der Waals surface area contributed by atoms with Crippen molar-refractivity contribution in [2.75, 3.05) is 6.61 Å². The van der Waals surface area contributed by atoms with Gasteiger partial charge in [-0.25, -0.2) is 9.97 Å². The molecule has 3 nitrogen and oxygen atoms in total. The molecule has 0 spiro atoms. The van der Waals surface area contributed by atoms with Crippen molar-refractivity contribution >= 4 is 11.6 Å². The molecule has 0 aliphatic carbocycles. The SMILES string of the molecule is CCCC(C)COc1cnc(C(C)C)nc1CCl. The fraction of sp³-hybridized carbons (Fsp3) is 0.714. The van der Waals surface area contributed by atoms with Crippen molar-refractivity contribution in [2.24, 2.45) is 5.92 Å². The van der Waals surface area contributed by atoms with Crippen LogP contribution in [0.4, 0.5) is 0 Å². The summed E-state index contributed by atoms with van der Waals surface area (Å²) in [5.41, 5.74) is 0.791. The molecule has 1 heterocycles. The second-order valence-electron chi connectivity index (χ2n) is 5.03. The van der Waals surface area contributed by atoms with E-state index in [2.05, 4.69) is 37.7 Å². The van der Waals surface area contributed by atoms with Gasteiger partial charge in [-0.2, -0.15) is 0 Å². The van der Waals surface area contributed by atoms with Crippen molar-refractivity contribution < 1.29 is 4.74 Å². The second kappa shape index (κ2) is 7.57. The third-order valence-corrected chi connectivity index (χ3v) is 3.05. The molecule has 1 rings (SSSR count). The Morgan fingerprint density at radius 1 is 1.33 bits per heavy atom. The maximum absolute atomic E-state index is 5.91. The minimum absolute atomic E-state index is 0.306. The van der Waals surface area contributed by atoms with Gasteiger partial charge in [-0.15, -0.1) is 11.6 Å². The molecular formula is C14H23ClN2O. The molecular weight excluding hydrogens is 248 g/mol. The zero-order valence-electron chi connectivity index (χ0n) is 11.7. The summed E-state index contributed by atoms with van der Waals surface area (Å²) in [5, 5.41) is 0. The lowest BCUT2D eigenvalue weighted by Gasteiger charge is -2.14. The first kappa shape index (κ1) is 15.2. The van der Waals surface area contributed by atoms with Gasteiger partial charge in [-0.05, 0) is 12.3 Å². The lowest BCUT2D eigenvalue weighted by atomic mass is 10.1. The lowest BCUT2D eigenvalue weighted by Crippen LogP contribution is -2.11. The molecule has 0 radical (unpaired) electrons. The maximum atomic E-state index is 5.91. The molecule has 0 saturated heterocycles. The van der Waals surface area contributed by atoms with Crippen LogP contribution in [0.3, 0.4) is 0 Å². The van der Waals surface area contributed by atoms with Crippen molar-refractivity contribution in [3.05, 3.63) is 17.7 Å². The molecule has 0 aromatic carbocycles. The standard InChI is InChI=1S/C14H23ClN2O/c1-5-6-11(4)9-18-13-8-16-14(10(2)3)17-12(13)7-15/h8,10-11H,5-7,9H2,1-4H3. The summed E-state index contributed by atoms with van der Waals surface area (Å²) < 4.78 is 5.77. The highest BCUT2D eigenvalue weighted by Gasteiger charge is 2.11. The molecule has 18 heavy (non-hydrogen) atoms. The van der Waals surface area contributed by atoms with Crippen LogP contribution in [0.5, 0.6) is 5.75 Å². The van der Waals surface area contributed by atoms with Crippen molar-refractivity contribution in [3.63, 3.8) is 0 Å². The number of hydrogen-bond donors (Lipinski definition) is 0. The van der Waals surface area contributed by atoms with Crippen LogP contribution in [0.2, 0.25) is 0 Å². The van der Waals surface area contributed by atoms with E-state index in [1.165, 1.54) is 12.8 Å². The second-order valence-corrected chi connectivity index (χ2v) is 5.30. The first-order valence-corrected chi connectivity index (χ1v) is 7.16. The van der Waals surface area contributed by atoms with Crippen molar-refractivity contribution in [1.29, 1.82) is 0 Å². The number of halogens is 1. The summed E-state index contributed by atoms with van der Waals surface area (Å²) >= 11 is 5.91. The first-order valence-electron chi connectivity index (χ1n) is 6.63. The Labute approximate surface area is 115 Å². The first-order chi connectivity index (χ1) is 8.58. The highest BCUT2D eigenvalue weighted by Crippen LogP contribution is 2.21. The van der Waals surface area contributed by atoms with Gasteiger partial charge < -0.3 is 4.74 Å². The van der Waals surface area contributed by atoms with Gasteiger partial charge in [0.05, 0.1) is 18.7 Å². The monoisotopic (exact) mass is 270 g/mol. The summed E-state index contributed by atoms with van der Waals surface area (Å²) in [7, 11) is 0. The summed E-state index contributed by atoms with van der Waals surface area (Å²) in [4.78, 5) is 8.76. The van der Waals surface area contributed by atoms with E-state index < -0.39 is 0 Å². The Balaban J connectivity index is 2.70. The zero-order chi connectivity index (χ0) is 13.5. The molecule has 1 atom stereocenters. The van der Waals surface area contributed by atoms with Crippen LogP contribution in [0.25, 0.3) is 0 Å². The van der Waals surface area contributed by atoms with E-state index in [9.17, 15) is 0 Å². The van der Waals surface area contributed by atoms with E-state index in [0.717, 1.165) is 17.3 Å². The van der Waals surface area contributed by atoms with Crippen molar-refractivity contribution in [3.8, 4) is 5.75 Å². The van der Waals surface area contributed by atoms with Gasteiger partial charge in [0, 0.05) is 5.92 Å². The third kappa shape index (κ3) is 4.45. The molecule has 4 heteroatoms. The number of nitrogens with zero attached hydrogens (tertiary/aromatic N) is 2. The summed E-state index contributed by atoms with van der Waals surface area (Å²) in [6.07, 6.45) is 4.09.